The van der Waals surface area contributed by atoms with Gasteiger partial charge < -0.3 is 29.7 Å². The van der Waals surface area contributed by atoms with Crippen molar-refractivity contribution in [2.75, 3.05) is 11.9 Å². The number of imidazole rings is 1. The molecule has 1 aliphatic heterocycles. The maximum atomic E-state index is 12.0. The molecule has 12 heteroatoms. The molecule has 4 rings (SSSR count). The Morgan fingerprint density at radius 2 is 1.89 bits per heavy atom. The molecule has 1 aliphatic carbocycles. The van der Waals surface area contributed by atoms with Crippen LogP contribution in [0.4, 0.5) is 5.82 Å². The van der Waals surface area contributed by atoms with Crippen molar-refractivity contribution in [2.45, 2.75) is 95.5 Å². The van der Waals surface area contributed by atoms with E-state index in [1.165, 1.54) is 17.2 Å². The number of aliphatic hydroxyl groups is 2. The number of esters is 2. The number of nitrogens with zero attached hydrogens (tertiary/aromatic N) is 4. The minimum absolute atomic E-state index is 0.101. The SMILES string of the molecule is CCCC(=O)OC[C@H]1O[C@@H](n2cnc3c(NC4CCC[C@@H]4OC(=O)CCC)ncnc32)[C@H](O)[C@@H]1O. The van der Waals surface area contributed by atoms with Gasteiger partial charge in [0.1, 0.15) is 37.4 Å². The number of carbonyl (C=O) groups excluding carboxylic acids is 2. The highest BCUT2D eigenvalue weighted by Crippen LogP contribution is 2.33. The third-order valence-corrected chi connectivity index (χ3v) is 6.34. The number of carbonyl (C=O) groups is 2. The molecule has 0 radical (unpaired) electrons. The van der Waals surface area contributed by atoms with Crippen LogP contribution in [0.2, 0.25) is 0 Å². The molecule has 0 spiro atoms. The highest BCUT2D eigenvalue weighted by molar-refractivity contribution is 5.83. The molecule has 3 N–H and O–H groups in total. The van der Waals surface area contributed by atoms with Gasteiger partial charge in [0.2, 0.25) is 0 Å². The van der Waals surface area contributed by atoms with Crippen LogP contribution < -0.4 is 5.32 Å². The van der Waals surface area contributed by atoms with Crippen LogP contribution in [-0.2, 0) is 23.8 Å². The molecule has 12 nitrogen and oxygen atoms in total. The molecule has 2 aromatic heterocycles. The second kappa shape index (κ2) is 11.3. The van der Waals surface area contributed by atoms with Crippen LogP contribution in [0.5, 0.6) is 0 Å². The lowest BCUT2D eigenvalue weighted by Crippen LogP contribution is -2.34. The molecule has 192 valence electrons. The lowest BCUT2D eigenvalue weighted by molar-refractivity contribution is -0.150. The number of hydrogen-bond donors (Lipinski definition) is 3. The van der Waals surface area contributed by atoms with Gasteiger partial charge in [-0.1, -0.05) is 13.8 Å². The van der Waals surface area contributed by atoms with Gasteiger partial charge in [-0.05, 0) is 32.1 Å². The first kappa shape index (κ1) is 25.3. The van der Waals surface area contributed by atoms with E-state index < -0.39 is 24.5 Å². The van der Waals surface area contributed by atoms with Crippen molar-refractivity contribution in [3.05, 3.63) is 12.7 Å². The standard InChI is InChI=1S/C23H33N5O7/c1-3-6-16(29)33-10-15-19(31)20(32)23(35-15)28-12-26-18-21(24-11-25-22(18)28)27-13-8-5-9-14(13)34-17(30)7-4-2/h11-15,19-20,23,31-32H,3-10H2,1-2H3,(H,24,25,27)/t13?,14-,15+,19+,20+,23+/m0/s1. The van der Waals surface area contributed by atoms with Crippen molar-refractivity contribution < 1.29 is 34.0 Å². The third-order valence-electron chi connectivity index (χ3n) is 6.34. The summed E-state index contributed by atoms with van der Waals surface area (Å²) in [5.41, 5.74) is 0.862. The van der Waals surface area contributed by atoms with Crippen molar-refractivity contribution in [1.29, 1.82) is 0 Å². The molecule has 1 saturated carbocycles. The van der Waals surface area contributed by atoms with E-state index in [-0.39, 0.29) is 37.1 Å². The van der Waals surface area contributed by atoms with Crippen LogP contribution in [-0.4, -0.2) is 78.7 Å². The van der Waals surface area contributed by atoms with E-state index in [1.54, 1.807) is 0 Å². The highest BCUT2D eigenvalue weighted by atomic mass is 16.6. The Balaban J connectivity index is 1.48. The molecule has 2 aromatic rings. The third kappa shape index (κ3) is 5.54. The maximum Gasteiger partial charge on any atom is 0.306 e. The van der Waals surface area contributed by atoms with E-state index in [2.05, 4.69) is 20.3 Å². The largest absolute Gasteiger partial charge is 0.463 e. The van der Waals surface area contributed by atoms with Crippen LogP contribution in [0, 0.1) is 0 Å². The highest BCUT2D eigenvalue weighted by Gasteiger charge is 2.45. The second-order valence-corrected chi connectivity index (χ2v) is 8.99. The zero-order valence-electron chi connectivity index (χ0n) is 20.0. The monoisotopic (exact) mass is 491 g/mol. The molecule has 2 fully saturated rings. The fourth-order valence-electron chi connectivity index (χ4n) is 4.53. The van der Waals surface area contributed by atoms with E-state index >= 15 is 0 Å². The molecule has 0 amide bonds. The first-order chi connectivity index (χ1) is 16.9. The van der Waals surface area contributed by atoms with Crippen LogP contribution in [0.1, 0.15) is 65.0 Å². The number of aromatic nitrogens is 4. The minimum atomic E-state index is -1.27. The number of nitrogens with one attached hydrogen (secondary N) is 1. The number of fused-ring (bicyclic) bond motifs is 1. The van der Waals surface area contributed by atoms with Crippen LogP contribution in [0.25, 0.3) is 11.2 Å². The predicted molar refractivity (Wildman–Crippen MR) is 123 cm³/mol. The van der Waals surface area contributed by atoms with Gasteiger partial charge in [0.05, 0.1) is 12.4 Å². The normalized spacial score (nSPS) is 28.3. The Morgan fingerprint density at radius 1 is 1.11 bits per heavy atom. The molecule has 3 heterocycles. The van der Waals surface area contributed by atoms with Crippen molar-refractivity contribution in [3.63, 3.8) is 0 Å². The van der Waals surface area contributed by atoms with E-state index in [0.29, 0.717) is 29.8 Å². The Labute approximate surface area is 203 Å². The lowest BCUT2D eigenvalue weighted by Gasteiger charge is -2.22. The van der Waals surface area contributed by atoms with Gasteiger partial charge in [-0.3, -0.25) is 14.2 Å². The summed E-state index contributed by atoms with van der Waals surface area (Å²) < 4.78 is 18.2. The average molecular weight is 492 g/mol. The van der Waals surface area contributed by atoms with E-state index in [4.69, 9.17) is 14.2 Å². The van der Waals surface area contributed by atoms with Gasteiger partial charge >= 0.3 is 11.9 Å². The fraction of sp³-hybridized carbons (Fsp3) is 0.696. The van der Waals surface area contributed by atoms with Gasteiger partial charge in [-0.25, -0.2) is 15.0 Å². The van der Waals surface area contributed by atoms with Gasteiger partial charge in [-0.15, -0.1) is 0 Å². The number of aliphatic hydroxyl groups excluding tert-OH is 2. The number of ether oxygens (including phenoxy) is 3. The van der Waals surface area contributed by atoms with E-state index in [0.717, 1.165) is 25.7 Å². The zero-order valence-corrected chi connectivity index (χ0v) is 20.0. The van der Waals surface area contributed by atoms with Crippen molar-refractivity contribution in [1.82, 2.24) is 19.5 Å². The first-order valence-corrected chi connectivity index (χ1v) is 12.2. The number of hydrogen-bond acceptors (Lipinski definition) is 11. The van der Waals surface area contributed by atoms with Gasteiger partial charge in [0.25, 0.3) is 0 Å². The Morgan fingerprint density at radius 3 is 2.66 bits per heavy atom. The molecule has 1 saturated heterocycles. The predicted octanol–water partition coefficient (Wildman–Crippen LogP) is 1.47. The molecule has 35 heavy (non-hydrogen) atoms. The number of anilines is 1. The Bertz CT molecular complexity index is 1030. The topological polar surface area (TPSA) is 158 Å². The van der Waals surface area contributed by atoms with Crippen molar-refractivity contribution >= 4 is 28.9 Å². The minimum Gasteiger partial charge on any atom is -0.463 e. The van der Waals surface area contributed by atoms with Crippen molar-refractivity contribution in [3.8, 4) is 0 Å². The second-order valence-electron chi connectivity index (χ2n) is 8.99. The molecule has 2 aliphatic rings. The molecule has 1 unspecified atom stereocenters. The quantitative estimate of drug-likeness (QED) is 0.413. The van der Waals surface area contributed by atoms with Crippen LogP contribution in [0.3, 0.4) is 0 Å². The maximum absolute atomic E-state index is 12.0. The smallest absolute Gasteiger partial charge is 0.306 e. The van der Waals surface area contributed by atoms with Gasteiger partial charge in [0.15, 0.2) is 23.2 Å². The van der Waals surface area contributed by atoms with Crippen LogP contribution >= 0.6 is 0 Å². The van der Waals surface area contributed by atoms with Gasteiger partial charge in [0, 0.05) is 12.8 Å². The van der Waals surface area contributed by atoms with Gasteiger partial charge in [-0.2, -0.15) is 0 Å². The fourth-order valence-corrected chi connectivity index (χ4v) is 4.53. The van der Waals surface area contributed by atoms with E-state index in [1.807, 2.05) is 13.8 Å². The zero-order chi connectivity index (χ0) is 24.9. The molecule has 0 bridgehead atoms. The summed E-state index contributed by atoms with van der Waals surface area (Å²) in [7, 11) is 0. The first-order valence-electron chi connectivity index (χ1n) is 12.2. The average Bonchev–Trinajstić information content (AvgIpc) is 3.52. The van der Waals surface area contributed by atoms with Crippen LogP contribution in [0.15, 0.2) is 12.7 Å². The molecular weight excluding hydrogens is 458 g/mol. The lowest BCUT2D eigenvalue weighted by atomic mass is 10.1. The summed E-state index contributed by atoms with van der Waals surface area (Å²) in [5.74, 6) is -0.109. The Kier molecular flexibility index (Phi) is 8.14. The summed E-state index contributed by atoms with van der Waals surface area (Å²) in [6.07, 6.45) is 2.79. The summed E-state index contributed by atoms with van der Waals surface area (Å²) in [4.78, 5) is 36.7. The Hall–Kier alpha value is -2.83. The summed E-state index contributed by atoms with van der Waals surface area (Å²) >= 11 is 0. The summed E-state index contributed by atoms with van der Waals surface area (Å²) in [6.45, 7) is 3.63. The molecule has 6 atom stereocenters. The molecular formula is C23H33N5O7. The summed E-state index contributed by atoms with van der Waals surface area (Å²) in [5, 5.41) is 24.4. The number of rotatable bonds is 10. The van der Waals surface area contributed by atoms with E-state index in [9.17, 15) is 19.8 Å². The summed E-state index contributed by atoms with van der Waals surface area (Å²) in [6, 6.07) is -0.101. The van der Waals surface area contributed by atoms with Crippen molar-refractivity contribution in [2.24, 2.45) is 0 Å². The molecule has 0 aromatic carbocycles.